The van der Waals surface area contributed by atoms with Crippen molar-refractivity contribution >= 4 is 11.7 Å². The molecule has 0 fully saturated rings. The number of nitrogens with zero attached hydrogens (tertiary/aromatic N) is 1. The van der Waals surface area contributed by atoms with Gasteiger partial charge in [-0.3, -0.25) is 4.79 Å². The molecule has 110 valence electrons. The van der Waals surface area contributed by atoms with Gasteiger partial charge in [-0.1, -0.05) is 18.1 Å². The molecule has 0 spiro atoms. The predicted molar refractivity (Wildman–Crippen MR) is 78.3 cm³/mol. The lowest BCUT2D eigenvalue weighted by Crippen LogP contribution is -2.32. The van der Waals surface area contributed by atoms with E-state index in [1.165, 1.54) is 23.8 Å². The number of carbonyl (C=O) groups is 1. The standard InChI is InChI=1S/C16H18N2O3/c1-2-14(16(19)17-15-8-9-20-18-15)21-13-7-6-11-4-3-5-12(11)10-13/h6-10,14H,2-5H2,1H3,(H,17,18,19). The van der Waals surface area contributed by atoms with Crippen LogP contribution in [0.5, 0.6) is 5.75 Å². The average molecular weight is 286 g/mol. The van der Waals surface area contributed by atoms with Gasteiger partial charge in [0.15, 0.2) is 11.9 Å². The van der Waals surface area contributed by atoms with Crippen molar-refractivity contribution < 1.29 is 14.1 Å². The van der Waals surface area contributed by atoms with Crippen molar-refractivity contribution in [3.63, 3.8) is 0 Å². The zero-order valence-corrected chi connectivity index (χ0v) is 12.0. The number of fused-ring (bicyclic) bond motifs is 1. The number of rotatable bonds is 5. The number of benzene rings is 1. The first-order valence-electron chi connectivity index (χ1n) is 7.26. The van der Waals surface area contributed by atoms with Gasteiger partial charge in [0.1, 0.15) is 12.0 Å². The Morgan fingerprint density at radius 2 is 2.24 bits per heavy atom. The quantitative estimate of drug-likeness (QED) is 0.917. The lowest BCUT2D eigenvalue weighted by Gasteiger charge is -2.17. The highest BCUT2D eigenvalue weighted by molar-refractivity contribution is 5.93. The molecular weight excluding hydrogens is 268 g/mol. The molecule has 0 aliphatic heterocycles. The molecule has 1 heterocycles. The summed E-state index contributed by atoms with van der Waals surface area (Å²) < 4.78 is 10.5. The summed E-state index contributed by atoms with van der Waals surface area (Å²) in [5, 5.41) is 6.34. The second kappa shape index (κ2) is 5.99. The summed E-state index contributed by atoms with van der Waals surface area (Å²) in [7, 11) is 0. The Bertz CT molecular complexity index is 622. The van der Waals surface area contributed by atoms with Crippen LogP contribution in [0.1, 0.15) is 30.9 Å². The third-order valence-electron chi connectivity index (χ3n) is 3.70. The molecule has 0 saturated heterocycles. The Morgan fingerprint density at radius 3 is 3.00 bits per heavy atom. The minimum atomic E-state index is -0.541. The SMILES string of the molecule is CCC(Oc1ccc2c(c1)CCC2)C(=O)Nc1ccon1. The Morgan fingerprint density at radius 1 is 1.38 bits per heavy atom. The van der Waals surface area contributed by atoms with Crippen LogP contribution in [0.3, 0.4) is 0 Å². The molecule has 1 atom stereocenters. The van der Waals surface area contributed by atoms with E-state index in [9.17, 15) is 4.79 Å². The van der Waals surface area contributed by atoms with Crippen molar-refractivity contribution in [3.05, 3.63) is 41.7 Å². The van der Waals surface area contributed by atoms with E-state index in [-0.39, 0.29) is 5.91 Å². The predicted octanol–water partition coefficient (Wildman–Crippen LogP) is 2.96. The first-order valence-corrected chi connectivity index (χ1v) is 7.26. The molecule has 1 aliphatic rings. The first-order chi connectivity index (χ1) is 10.3. The molecule has 1 aromatic heterocycles. The van der Waals surface area contributed by atoms with E-state index in [2.05, 4.69) is 16.5 Å². The van der Waals surface area contributed by atoms with Gasteiger partial charge in [0.25, 0.3) is 5.91 Å². The largest absolute Gasteiger partial charge is 0.481 e. The van der Waals surface area contributed by atoms with Crippen LogP contribution in [0.15, 0.2) is 35.1 Å². The number of anilines is 1. The molecule has 3 rings (SSSR count). The topological polar surface area (TPSA) is 64.4 Å². The smallest absolute Gasteiger partial charge is 0.266 e. The fourth-order valence-corrected chi connectivity index (χ4v) is 2.59. The Labute approximate surface area is 123 Å². The highest BCUT2D eigenvalue weighted by Gasteiger charge is 2.20. The number of ether oxygens (including phenoxy) is 1. The lowest BCUT2D eigenvalue weighted by atomic mass is 10.1. The third-order valence-corrected chi connectivity index (χ3v) is 3.70. The van der Waals surface area contributed by atoms with Gasteiger partial charge in [-0.15, -0.1) is 0 Å². The maximum atomic E-state index is 12.2. The molecule has 1 aliphatic carbocycles. The van der Waals surface area contributed by atoms with E-state index in [4.69, 9.17) is 9.26 Å². The Hall–Kier alpha value is -2.30. The molecule has 2 aromatic rings. The van der Waals surface area contributed by atoms with E-state index in [1.807, 2.05) is 19.1 Å². The number of aryl methyl sites for hydroxylation is 2. The number of aromatic nitrogens is 1. The van der Waals surface area contributed by atoms with Crippen molar-refractivity contribution in [2.75, 3.05) is 5.32 Å². The highest BCUT2D eigenvalue weighted by Crippen LogP contribution is 2.26. The number of amides is 1. The van der Waals surface area contributed by atoms with Crippen molar-refractivity contribution in [2.24, 2.45) is 0 Å². The van der Waals surface area contributed by atoms with E-state index in [0.29, 0.717) is 12.2 Å². The fourth-order valence-electron chi connectivity index (χ4n) is 2.59. The molecular formula is C16H18N2O3. The fraction of sp³-hybridized carbons (Fsp3) is 0.375. The van der Waals surface area contributed by atoms with Crippen LogP contribution >= 0.6 is 0 Å². The molecule has 1 unspecified atom stereocenters. The van der Waals surface area contributed by atoms with Crippen molar-refractivity contribution in [2.45, 2.75) is 38.7 Å². The van der Waals surface area contributed by atoms with Crippen LogP contribution in [0.2, 0.25) is 0 Å². The molecule has 1 aromatic carbocycles. The second-order valence-corrected chi connectivity index (χ2v) is 5.17. The average Bonchev–Trinajstić information content (AvgIpc) is 3.14. The summed E-state index contributed by atoms with van der Waals surface area (Å²) in [6, 6.07) is 7.69. The van der Waals surface area contributed by atoms with Gasteiger partial charge in [-0.2, -0.15) is 0 Å². The molecule has 0 radical (unpaired) electrons. The first kappa shape index (κ1) is 13.7. The molecule has 1 amide bonds. The van der Waals surface area contributed by atoms with Gasteiger partial charge in [-0.25, -0.2) is 0 Å². The van der Waals surface area contributed by atoms with Gasteiger partial charge < -0.3 is 14.6 Å². The maximum Gasteiger partial charge on any atom is 0.266 e. The van der Waals surface area contributed by atoms with Gasteiger partial charge in [0, 0.05) is 6.07 Å². The zero-order chi connectivity index (χ0) is 14.7. The molecule has 5 heteroatoms. The Kier molecular flexibility index (Phi) is 3.90. The summed E-state index contributed by atoms with van der Waals surface area (Å²) in [5.74, 6) is 0.931. The number of hydrogen-bond donors (Lipinski definition) is 1. The van der Waals surface area contributed by atoms with Crippen LogP contribution < -0.4 is 10.1 Å². The number of hydrogen-bond acceptors (Lipinski definition) is 4. The van der Waals surface area contributed by atoms with Crippen LogP contribution in [0.25, 0.3) is 0 Å². The van der Waals surface area contributed by atoms with Crippen molar-refractivity contribution in [1.82, 2.24) is 5.16 Å². The summed E-state index contributed by atoms with van der Waals surface area (Å²) in [4.78, 5) is 12.2. The van der Waals surface area contributed by atoms with Crippen molar-refractivity contribution in [3.8, 4) is 5.75 Å². The summed E-state index contributed by atoms with van der Waals surface area (Å²) in [6.07, 6.45) is 4.89. The maximum absolute atomic E-state index is 12.2. The van der Waals surface area contributed by atoms with E-state index >= 15 is 0 Å². The highest BCUT2D eigenvalue weighted by atomic mass is 16.5. The van der Waals surface area contributed by atoms with Crippen LogP contribution in [-0.4, -0.2) is 17.2 Å². The second-order valence-electron chi connectivity index (χ2n) is 5.17. The van der Waals surface area contributed by atoms with Gasteiger partial charge in [-0.05, 0) is 48.9 Å². The summed E-state index contributed by atoms with van der Waals surface area (Å²) in [5.41, 5.74) is 2.72. The minimum absolute atomic E-state index is 0.216. The molecule has 5 nitrogen and oxygen atoms in total. The van der Waals surface area contributed by atoms with Crippen LogP contribution in [-0.2, 0) is 17.6 Å². The third kappa shape index (κ3) is 3.07. The summed E-state index contributed by atoms with van der Waals surface area (Å²) >= 11 is 0. The zero-order valence-electron chi connectivity index (χ0n) is 12.0. The van der Waals surface area contributed by atoms with Crippen molar-refractivity contribution in [1.29, 1.82) is 0 Å². The van der Waals surface area contributed by atoms with Crippen LogP contribution in [0.4, 0.5) is 5.82 Å². The monoisotopic (exact) mass is 286 g/mol. The van der Waals surface area contributed by atoms with Gasteiger partial charge >= 0.3 is 0 Å². The lowest BCUT2D eigenvalue weighted by molar-refractivity contribution is -0.122. The van der Waals surface area contributed by atoms with E-state index in [1.54, 1.807) is 6.07 Å². The number of nitrogens with one attached hydrogen (secondary N) is 1. The van der Waals surface area contributed by atoms with Crippen LogP contribution in [0, 0.1) is 0 Å². The molecule has 21 heavy (non-hydrogen) atoms. The Balaban J connectivity index is 1.67. The summed E-state index contributed by atoms with van der Waals surface area (Å²) in [6.45, 7) is 1.92. The number of carbonyl (C=O) groups excluding carboxylic acids is 1. The molecule has 1 N–H and O–H groups in total. The van der Waals surface area contributed by atoms with E-state index in [0.717, 1.165) is 18.6 Å². The normalized spacial score (nSPS) is 14.5. The minimum Gasteiger partial charge on any atom is -0.481 e. The molecule has 0 bridgehead atoms. The van der Waals surface area contributed by atoms with Gasteiger partial charge in [0.05, 0.1) is 0 Å². The van der Waals surface area contributed by atoms with E-state index < -0.39 is 6.10 Å². The van der Waals surface area contributed by atoms with Gasteiger partial charge in [0.2, 0.25) is 0 Å². The molecule has 0 saturated carbocycles.